The van der Waals surface area contributed by atoms with Crippen LogP contribution in [0.5, 0.6) is 0 Å². The highest BCUT2D eigenvalue weighted by atomic mass is 32.2. The molecule has 0 spiro atoms. The van der Waals surface area contributed by atoms with Crippen LogP contribution in [0.15, 0.2) is 89.8 Å². The zero-order valence-electron chi connectivity index (χ0n) is 21.7. The standard InChI is InChI=1S/C30H27N5O3S/c1-18-8-9-19(2)26(16-18)33-30(36)21-12-14-23(15-13-21)32-29-25-7-5-4-6-24(25)28(34-35-29)22-11-10-20(3)27(17-22)39(31,37)38/h4-17H,1-3H3,(H,32,35)(H,33,36)(H2,31,37,38). The zero-order chi connectivity index (χ0) is 27.7. The van der Waals surface area contributed by atoms with Gasteiger partial charge in [-0.2, -0.15) is 0 Å². The van der Waals surface area contributed by atoms with E-state index < -0.39 is 10.0 Å². The molecule has 1 aromatic heterocycles. The number of aromatic nitrogens is 2. The quantitative estimate of drug-likeness (QED) is 0.249. The van der Waals surface area contributed by atoms with Gasteiger partial charge in [-0.15, -0.1) is 10.2 Å². The van der Waals surface area contributed by atoms with Gasteiger partial charge in [-0.3, -0.25) is 4.79 Å². The highest BCUT2D eigenvalue weighted by Gasteiger charge is 2.17. The van der Waals surface area contributed by atoms with E-state index >= 15 is 0 Å². The van der Waals surface area contributed by atoms with Crippen molar-refractivity contribution in [2.75, 3.05) is 10.6 Å². The normalized spacial score (nSPS) is 11.4. The Hall–Kier alpha value is -4.60. The lowest BCUT2D eigenvalue weighted by atomic mass is 10.0. The molecule has 0 unspecified atom stereocenters. The molecular formula is C30H27N5O3S. The fourth-order valence-electron chi connectivity index (χ4n) is 4.37. The van der Waals surface area contributed by atoms with Crippen LogP contribution in [0.1, 0.15) is 27.0 Å². The number of hydrogen-bond acceptors (Lipinski definition) is 6. The number of rotatable bonds is 6. The Balaban J connectivity index is 1.42. The van der Waals surface area contributed by atoms with E-state index in [9.17, 15) is 13.2 Å². The van der Waals surface area contributed by atoms with Gasteiger partial charge in [0.15, 0.2) is 5.82 Å². The smallest absolute Gasteiger partial charge is 0.255 e. The number of nitrogens with one attached hydrogen (secondary N) is 2. The maximum Gasteiger partial charge on any atom is 0.255 e. The number of nitrogens with zero attached hydrogens (tertiary/aromatic N) is 2. The topological polar surface area (TPSA) is 127 Å². The minimum Gasteiger partial charge on any atom is -0.338 e. The first-order valence-corrected chi connectivity index (χ1v) is 13.8. The van der Waals surface area contributed by atoms with Gasteiger partial charge in [0, 0.05) is 33.3 Å². The van der Waals surface area contributed by atoms with Crippen molar-refractivity contribution in [3.05, 3.63) is 107 Å². The zero-order valence-corrected chi connectivity index (χ0v) is 22.5. The van der Waals surface area contributed by atoms with E-state index in [-0.39, 0.29) is 10.8 Å². The molecule has 5 rings (SSSR count). The number of sulfonamides is 1. The SMILES string of the molecule is Cc1ccc(C)c(NC(=O)c2ccc(Nc3nnc(-c4ccc(C)c(S(N)(=O)=O)c4)c4ccccc34)cc2)c1. The average molecular weight is 538 g/mol. The van der Waals surface area contributed by atoms with Crippen LogP contribution in [0.4, 0.5) is 17.2 Å². The van der Waals surface area contributed by atoms with Crippen LogP contribution in [0.25, 0.3) is 22.0 Å². The third-order valence-corrected chi connectivity index (χ3v) is 7.56. The van der Waals surface area contributed by atoms with E-state index in [1.807, 2.05) is 56.3 Å². The van der Waals surface area contributed by atoms with Crippen molar-refractivity contribution >= 4 is 43.9 Å². The highest BCUT2D eigenvalue weighted by molar-refractivity contribution is 7.89. The lowest BCUT2D eigenvalue weighted by Crippen LogP contribution is -2.13. The van der Waals surface area contributed by atoms with Crippen molar-refractivity contribution in [1.29, 1.82) is 0 Å². The minimum absolute atomic E-state index is 0.0507. The van der Waals surface area contributed by atoms with Crippen molar-refractivity contribution in [3.63, 3.8) is 0 Å². The van der Waals surface area contributed by atoms with Crippen LogP contribution in [0.2, 0.25) is 0 Å². The number of amides is 1. The van der Waals surface area contributed by atoms with Gasteiger partial charge >= 0.3 is 0 Å². The Morgan fingerprint density at radius 3 is 2.21 bits per heavy atom. The van der Waals surface area contributed by atoms with Gasteiger partial charge in [0.1, 0.15) is 5.69 Å². The van der Waals surface area contributed by atoms with Crippen molar-refractivity contribution in [1.82, 2.24) is 10.2 Å². The second-order valence-electron chi connectivity index (χ2n) is 9.44. The molecule has 196 valence electrons. The Labute approximate surface area is 227 Å². The van der Waals surface area contributed by atoms with Gasteiger partial charge < -0.3 is 10.6 Å². The van der Waals surface area contributed by atoms with Crippen molar-refractivity contribution in [2.24, 2.45) is 5.14 Å². The summed E-state index contributed by atoms with van der Waals surface area (Å²) in [6.45, 7) is 5.63. The monoisotopic (exact) mass is 537 g/mol. The first kappa shape index (κ1) is 26.0. The van der Waals surface area contributed by atoms with Gasteiger partial charge in [0.25, 0.3) is 5.91 Å². The molecule has 8 nitrogen and oxygen atoms in total. The molecule has 0 saturated carbocycles. The van der Waals surface area contributed by atoms with Crippen LogP contribution in [-0.2, 0) is 10.0 Å². The van der Waals surface area contributed by atoms with Crippen LogP contribution in [0, 0.1) is 20.8 Å². The summed E-state index contributed by atoms with van der Waals surface area (Å²) in [6, 6.07) is 25.7. The Morgan fingerprint density at radius 2 is 1.49 bits per heavy atom. The molecule has 5 aromatic rings. The number of aryl methyl sites for hydroxylation is 3. The van der Waals surface area contributed by atoms with Gasteiger partial charge in [-0.25, -0.2) is 13.6 Å². The molecule has 1 heterocycles. The summed E-state index contributed by atoms with van der Waals surface area (Å²) in [4.78, 5) is 12.9. The van der Waals surface area contributed by atoms with E-state index in [0.717, 1.165) is 33.3 Å². The highest BCUT2D eigenvalue weighted by Crippen LogP contribution is 2.32. The van der Waals surface area contributed by atoms with E-state index in [2.05, 4.69) is 20.8 Å². The Kier molecular flexibility index (Phi) is 6.86. The lowest BCUT2D eigenvalue weighted by molar-refractivity contribution is 0.102. The number of nitrogens with two attached hydrogens (primary N) is 1. The summed E-state index contributed by atoms with van der Waals surface area (Å²) in [5.41, 5.74) is 5.81. The molecule has 0 aliphatic carbocycles. The maximum absolute atomic E-state index is 12.8. The van der Waals surface area contributed by atoms with Gasteiger partial charge in [0.05, 0.1) is 4.90 Å². The van der Waals surface area contributed by atoms with Crippen LogP contribution in [0.3, 0.4) is 0 Å². The predicted octanol–water partition coefficient (Wildman–Crippen LogP) is 5.87. The molecular weight excluding hydrogens is 510 g/mol. The fraction of sp³-hybridized carbons (Fsp3) is 0.100. The third kappa shape index (κ3) is 5.50. The van der Waals surface area contributed by atoms with Crippen LogP contribution < -0.4 is 15.8 Å². The second kappa shape index (κ2) is 10.3. The number of carbonyl (C=O) groups is 1. The number of anilines is 3. The lowest BCUT2D eigenvalue weighted by Gasteiger charge is -2.13. The summed E-state index contributed by atoms with van der Waals surface area (Å²) in [7, 11) is -3.89. The van der Waals surface area contributed by atoms with Crippen LogP contribution in [-0.4, -0.2) is 24.5 Å². The van der Waals surface area contributed by atoms with Gasteiger partial charge in [-0.1, -0.05) is 48.5 Å². The van der Waals surface area contributed by atoms with Crippen LogP contribution >= 0.6 is 0 Å². The Morgan fingerprint density at radius 1 is 0.795 bits per heavy atom. The number of fused-ring (bicyclic) bond motifs is 1. The summed E-state index contributed by atoms with van der Waals surface area (Å²) >= 11 is 0. The van der Waals surface area contributed by atoms with Crippen molar-refractivity contribution < 1.29 is 13.2 Å². The fourth-order valence-corrected chi connectivity index (χ4v) is 5.18. The maximum atomic E-state index is 12.8. The number of primary sulfonamides is 1. The molecule has 0 bridgehead atoms. The van der Waals surface area contributed by atoms with E-state index in [4.69, 9.17) is 5.14 Å². The molecule has 0 atom stereocenters. The first-order valence-electron chi connectivity index (χ1n) is 12.2. The van der Waals surface area contributed by atoms with Crippen molar-refractivity contribution in [2.45, 2.75) is 25.7 Å². The summed E-state index contributed by atoms with van der Waals surface area (Å²) in [6.07, 6.45) is 0. The largest absolute Gasteiger partial charge is 0.338 e. The van der Waals surface area contributed by atoms with E-state index in [0.29, 0.717) is 28.2 Å². The second-order valence-corrected chi connectivity index (χ2v) is 11.0. The molecule has 0 saturated heterocycles. The number of carbonyl (C=O) groups excluding carboxylic acids is 1. The molecule has 0 radical (unpaired) electrons. The summed E-state index contributed by atoms with van der Waals surface area (Å²) in [5.74, 6) is 0.336. The molecule has 0 aliphatic rings. The Bertz CT molecular complexity index is 1830. The van der Waals surface area contributed by atoms with Gasteiger partial charge in [-0.05, 0) is 73.9 Å². The van der Waals surface area contributed by atoms with Gasteiger partial charge in [0.2, 0.25) is 10.0 Å². The molecule has 0 aliphatic heterocycles. The summed E-state index contributed by atoms with van der Waals surface area (Å²) < 4.78 is 24.1. The molecule has 4 aromatic carbocycles. The molecule has 0 fully saturated rings. The third-order valence-electron chi connectivity index (χ3n) is 6.51. The summed E-state index contributed by atoms with van der Waals surface area (Å²) in [5, 5.41) is 22.1. The predicted molar refractivity (Wildman–Crippen MR) is 155 cm³/mol. The van der Waals surface area contributed by atoms with Crippen molar-refractivity contribution in [3.8, 4) is 11.3 Å². The average Bonchev–Trinajstić information content (AvgIpc) is 2.91. The number of benzene rings is 4. The van der Waals surface area contributed by atoms with E-state index in [1.54, 1.807) is 43.3 Å². The molecule has 9 heteroatoms. The first-order chi connectivity index (χ1) is 18.6. The molecule has 39 heavy (non-hydrogen) atoms. The molecule has 1 amide bonds. The van der Waals surface area contributed by atoms with E-state index in [1.165, 1.54) is 6.07 Å². The minimum atomic E-state index is -3.89. The molecule has 4 N–H and O–H groups in total. The number of hydrogen-bond donors (Lipinski definition) is 3.